The first-order valence-electron chi connectivity index (χ1n) is 11.0. The van der Waals surface area contributed by atoms with Gasteiger partial charge in [-0.05, 0) is 30.9 Å². The average Bonchev–Trinajstić information content (AvgIpc) is 2.79. The van der Waals surface area contributed by atoms with Gasteiger partial charge in [-0.1, -0.05) is 61.4 Å². The van der Waals surface area contributed by atoms with Crippen LogP contribution in [-0.4, -0.2) is 42.9 Å². The van der Waals surface area contributed by atoms with Gasteiger partial charge in [0.25, 0.3) is 0 Å². The molecule has 3 atom stereocenters. The average molecular weight is 408 g/mol. The van der Waals surface area contributed by atoms with E-state index >= 15 is 0 Å². The zero-order valence-corrected chi connectivity index (χ0v) is 18.1. The van der Waals surface area contributed by atoms with Crippen LogP contribution in [-0.2, 0) is 0 Å². The Hall–Kier alpha value is -2.30. The van der Waals surface area contributed by atoms with Crippen LogP contribution < -0.4 is 9.47 Å². The number of hydrogen-bond donors (Lipinski definition) is 1. The monoisotopic (exact) mass is 407 g/mol. The second-order valence-electron chi connectivity index (χ2n) is 8.57. The fourth-order valence-electron chi connectivity index (χ4n) is 5.31. The van der Waals surface area contributed by atoms with Crippen LogP contribution in [0.3, 0.4) is 0 Å². The maximum absolute atomic E-state index is 11.5. The van der Waals surface area contributed by atoms with Crippen molar-refractivity contribution in [2.75, 3.05) is 27.3 Å². The van der Waals surface area contributed by atoms with Gasteiger partial charge in [0.05, 0.1) is 19.8 Å². The zero-order valence-electron chi connectivity index (χ0n) is 18.1. The third-order valence-electron chi connectivity index (χ3n) is 6.88. The number of ether oxygens (including phenoxy) is 2. The summed E-state index contributed by atoms with van der Waals surface area (Å²) in [5.74, 6) is 1.85. The maximum Gasteiger partial charge on any atom is 0.127 e. The molecular formula is C26H33NO3. The molecule has 1 heterocycles. The number of benzene rings is 2. The normalized spacial score (nSPS) is 27.0. The number of fused-ring (bicyclic) bond motifs is 1. The summed E-state index contributed by atoms with van der Waals surface area (Å²) in [6, 6.07) is 16.6. The molecule has 160 valence electrons. The Morgan fingerprint density at radius 1 is 1.07 bits per heavy atom. The van der Waals surface area contributed by atoms with Crippen molar-refractivity contribution in [1.82, 2.24) is 4.90 Å². The van der Waals surface area contributed by atoms with Crippen molar-refractivity contribution in [3.8, 4) is 11.5 Å². The van der Waals surface area contributed by atoms with Gasteiger partial charge in [-0.2, -0.15) is 0 Å². The van der Waals surface area contributed by atoms with Crippen molar-refractivity contribution >= 4 is 6.08 Å². The van der Waals surface area contributed by atoms with E-state index in [1.165, 1.54) is 12.0 Å². The molecule has 0 bridgehead atoms. The molecule has 4 heteroatoms. The molecule has 1 saturated heterocycles. The van der Waals surface area contributed by atoms with Crippen molar-refractivity contribution in [3.63, 3.8) is 0 Å². The maximum atomic E-state index is 11.5. The first-order valence-corrected chi connectivity index (χ1v) is 11.0. The Bertz CT molecular complexity index is 866. The van der Waals surface area contributed by atoms with Gasteiger partial charge < -0.3 is 14.6 Å². The number of hydrogen-bond acceptors (Lipinski definition) is 4. The predicted octanol–water partition coefficient (Wildman–Crippen LogP) is 5.09. The third-order valence-corrected chi connectivity index (χ3v) is 6.88. The largest absolute Gasteiger partial charge is 0.497 e. The van der Waals surface area contributed by atoms with Crippen LogP contribution in [0.5, 0.6) is 11.5 Å². The second-order valence-corrected chi connectivity index (χ2v) is 8.57. The fraction of sp³-hybridized carbons (Fsp3) is 0.462. The highest BCUT2D eigenvalue weighted by atomic mass is 16.5. The van der Waals surface area contributed by atoms with Gasteiger partial charge in [-0.15, -0.1) is 0 Å². The molecule has 1 N–H and O–H groups in total. The summed E-state index contributed by atoms with van der Waals surface area (Å²) in [5.41, 5.74) is 1.78. The lowest BCUT2D eigenvalue weighted by atomic mass is 9.66. The van der Waals surface area contributed by atoms with Crippen LogP contribution in [0.2, 0.25) is 0 Å². The predicted molar refractivity (Wildman–Crippen MR) is 121 cm³/mol. The molecule has 1 aliphatic carbocycles. The topological polar surface area (TPSA) is 41.9 Å². The van der Waals surface area contributed by atoms with E-state index in [1.807, 2.05) is 18.2 Å². The van der Waals surface area contributed by atoms with Crippen molar-refractivity contribution in [3.05, 3.63) is 65.7 Å². The standard InChI is InChI=1S/C26H33NO3/c1-29-21-13-14-22(24(19-21)30-2)25-23-12-6-7-15-26(23,28)16-18-27(25)17-8-11-20-9-4-3-5-10-20/h3-5,8-11,13-14,19,23,25,28H,6-7,12,15-18H2,1-2H3/t23-,25+,26+/m1/s1. The van der Waals surface area contributed by atoms with Crippen LogP contribution >= 0.6 is 0 Å². The van der Waals surface area contributed by atoms with E-state index in [0.717, 1.165) is 55.8 Å². The number of piperidine rings is 1. The lowest BCUT2D eigenvalue weighted by Gasteiger charge is -2.52. The zero-order chi connectivity index (χ0) is 21.0. The Morgan fingerprint density at radius 2 is 1.90 bits per heavy atom. The van der Waals surface area contributed by atoms with Crippen molar-refractivity contribution in [2.24, 2.45) is 5.92 Å². The number of rotatable bonds is 6. The van der Waals surface area contributed by atoms with Crippen molar-refractivity contribution < 1.29 is 14.6 Å². The summed E-state index contributed by atoms with van der Waals surface area (Å²) in [6.07, 6.45) is 9.51. The van der Waals surface area contributed by atoms with Crippen LogP contribution in [0, 0.1) is 5.92 Å². The molecule has 1 aliphatic heterocycles. The van der Waals surface area contributed by atoms with E-state index in [1.54, 1.807) is 14.2 Å². The highest BCUT2D eigenvalue weighted by molar-refractivity contribution is 5.49. The SMILES string of the molecule is COc1ccc([C@H]2[C@H]3CCCC[C@]3(O)CCN2CC=Cc2ccccc2)c(OC)c1. The van der Waals surface area contributed by atoms with Crippen LogP contribution in [0.25, 0.3) is 6.08 Å². The summed E-state index contributed by atoms with van der Waals surface area (Å²) < 4.78 is 11.2. The minimum atomic E-state index is -0.576. The highest BCUT2D eigenvalue weighted by Crippen LogP contribution is 2.51. The number of aliphatic hydroxyl groups is 1. The van der Waals surface area contributed by atoms with Crippen molar-refractivity contribution in [2.45, 2.75) is 43.7 Å². The van der Waals surface area contributed by atoms with Gasteiger partial charge in [-0.25, -0.2) is 0 Å². The van der Waals surface area contributed by atoms with Gasteiger partial charge in [0.15, 0.2) is 0 Å². The second kappa shape index (κ2) is 9.23. The summed E-state index contributed by atoms with van der Waals surface area (Å²) in [5, 5.41) is 11.5. The smallest absolute Gasteiger partial charge is 0.127 e. The number of methoxy groups -OCH3 is 2. The number of likely N-dealkylation sites (tertiary alicyclic amines) is 1. The Morgan fingerprint density at radius 3 is 2.67 bits per heavy atom. The quantitative estimate of drug-likeness (QED) is 0.725. The molecule has 0 unspecified atom stereocenters. The van der Waals surface area contributed by atoms with E-state index < -0.39 is 5.60 Å². The van der Waals surface area contributed by atoms with E-state index in [4.69, 9.17) is 9.47 Å². The van der Waals surface area contributed by atoms with E-state index in [0.29, 0.717) is 0 Å². The molecule has 0 radical (unpaired) electrons. The molecule has 0 amide bonds. The first kappa shape index (κ1) is 21.0. The number of nitrogens with zero attached hydrogens (tertiary/aromatic N) is 1. The van der Waals surface area contributed by atoms with Crippen LogP contribution in [0.15, 0.2) is 54.6 Å². The molecule has 4 nitrogen and oxygen atoms in total. The first-order chi connectivity index (χ1) is 14.6. The van der Waals surface area contributed by atoms with Gasteiger partial charge in [0, 0.05) is 36.7 Å². The highest BCUT2D eigenvalue weighted by Gasteiger charge is 2.49. The molecule has 0 spiro atoms. The lowest BCUT2D eigenvalue weighted by Crippen LogP contribution is -2.54. The van der Waals surface area contributed by atoms with Crippen LogP contribution in [0.4, 0.5) is 0 Å². The summed E-state index contributed by atoms with van der Waals surface area (Å²) >= 11 is 0. The summed E-state index contributed by atoms with van der Waals surface area (Å²) in [4.78, 5) is 2.51. The molecule has 1 saturated carbocycles. The molecule has 2 fully saturated rings. The lowest BCUT2D eigenvalue weighted by molar-refractivity contribution is -0.122. The minimum absolute atomic E-state index is 0.130. The minimum Gasteiger partial charge on any atom is -0.497 e. The molecular weight excluding hydrogens is 374 g/mol. The summed E-state index contributed by atoms with van der Waals surface area (Å²) in [6.45, 7) is 1.73. The van der Waals surface area contributed by atoms with Gasteiger partial charge >= 0.3 is 0 Å². The summed E-state index contributed by atoms with van der Waals surface area (Å²) in [7, 11) is 3.39. The molecule has 0 aromatic heterocycles. The molecule has 30 heavy (non-hydrogen) atoms. The third kappa shape index (κ3) is 4.26. The Labute approximate surface area is 180 Å². The van der Waals surface area contributed by atoms with E-state index in [-0.39, 0.29) is 12.0 Å². The Balaban J connectivity index is 1.66. The van der Waals surface area contributed by atoms with Gasteiger partial charge in [0.1, 0.15) is 11.5 Å². The Kier molecular flexibility index (Phi) is 6.45. The van der Waals surface area contributed by atoms with Crippen molar-refractivity contribution in [1.29, 1.82) is 0 Å². The molecule has 2 aliphatic rings. The fourth-order valence-corrected chi connectivity index (χ4v) is 5.31. The van der Waals surface area contributed by atoms with E-state index in [9.17, 15) is 5.11 Å². The molecule has 2 aromatic carbocycles. The van der Waals surface area contributed by atoms with Crippen LogP contribution in [0.1, 0.15) is 49.3 Å². The van der Waals surface area contributed by atoms with Gasteiger partial charge in [-0.3, -0.25) is 4.90 Å². The molecule has 4 rings (SSSR count). The van der Waals surface area contributed by atoms with Gasteiger partial charge in [0.2, 0.25) is 0 Å². The molecule has 2 aromatic rings. The van der Waals surface area contributed by atoms with E-state index in [2.05, 4.69) is 47.4 Å².